The number of carboxylic acid groups (broad SMARTS) is 2. The van der Waals surface area contributed by atoms with Crippen LogP contribution in [0.4, 0.5) is 37.1 Å². The summed E-state index contributed by atoms with van der Waals surface area (Å²) in [5.41, 5.74) is 2.56. The minimum absolute atomic E-state index is 0. The Morgan fingerprint density at radius 3 is 1.99 bits per heavy atom. The molecule has 107 heavy (non-hydrogen) atoms. The zero-order chi connectivity index (χ0) is 75.5. The number of likely N-dealkylation sites (tertiary alicyclic amines) is 1. The van der Waals surface area contributed by atoms with Gasteiger partial charge in [0.25, 0.3) is 15.6 Å². The zero-order valence-electron chi connectivity index (χ0n) is 60.6. The Labute approximate surface area is 661 Å². The molecule has 2 aromatic heterocycles. The second kappa shape index (κ2) is 39.7. The van der Waals surface area contributed by atoms with E-state index in [9.17, 15) is 71.4 Å². The number of aryl methyl sites for hydroxylation is 1. The number of hydrogen-bond donors (Lipinski definition) is 9. The van der Waals surface area contributed by atoms with Crippen LogP contribution in [0, 0.1) is 5.92 Å². The number of para-hydroxylation sites is 1. The van der Waals surface area contributed by atoms with Crippen molar-refractivity contribution in [3.05, 3.63) is 141 Å². The van der Waals surface area contributed by atoms with Crippen LogP contribution in [0.1, 0.15) is 113 Å². The number of urea groups is 3. The van der Waals surface area contributed by atoms with Crippen LogP contribution in [0.15, 0.2) is 113 Å². The first-order valence-electron chi connectivity index (χ1n) is 34.4. The molecule has 9 amide bonds. The summed E-state index contributed by atoms with van der Waals surface area (Å²) in [5, 5.41) is 45.4. The fourth-order valence-corrected chi connectivity index (χ4v) is 13.6. The van der Waals surface area contributed by atoms with Crippen molar-refractivity contribution >= 4 is 103 Å². The van der Waals surface area contributed by atoms with Gasteiger partial charge in [0, 0.05) is 90.1 Å². The van der Waals surface area contributed by atoms with E-state index in [-0.39, 0.29) is 183 Å². The van der Waals surface area contributed by atoms with Crippen LogP contribution in [-0.4, -0.2) is 160 Å². The van der Waals surface area contributed by atoms with E-state index in [0.717, 1.165) is 26.9 Å². The van der Waals surface area contributed by atoms with Crippen molar-refractivity contribution in [2.75, 3.05) is 79.9 Å². The molecule has 0 spiro atoms. The van der Waals surface area contributed by atoms with E-state index in [0.29, 0.717) is 42.9 Å². The molecule has 0 unspecified atom stereocenters. The predicted molar refractivity (Wildman–Crippen MR) is 377 cm³/mol. The Morgan fingerprint density at radius 1 is 0.692 bits per heavy atom. The van der Waals surface area contributed by atoms with E-state index in [4.69, 9.17) is 28.7 Å². The summed E-state index contributed by atoms with van der Waals surface area (Å²) in [7, 11) is -4.20. The number of hydrogen-bond acceptors (Lipinski definition) is 21. The number of fused-ring (bicyclic) bond motifs is 5. The first kappa shape index (κ1) is 85.2. The van der Waals surface area contributed by atoms with E-state index in [1.165, 1.54) is 72.8 Å². The Hall–Kier alpha value is -9.03. The maximum Gasteiger partial charge on any atom is 1.00 e. The number of anilines is 4. The fraction of sp³-hybridized carbons (Fsp3) is 0.417. The largest absolute Gasteiger partial charge is 1.00 e. The molecular formula is C72H84N12Na2O20S. The van der Waals surface area contributed by atoms with Crippen molar-refractivity contribution < 1.29 is 149 Å². The van der Waals surface area contributed by atoms with Gasteiger partial charge in [-0.2, -0.15) is 0 Å². The van der Waals surface area contributed by atoms with Crippen LogP contribution < -0.4 is 122 Å². The van der Waals surface area contributed by atoms with Gasteiger partial charge in [0.2, 0.25) is 23.3 Å². The monoisotopic (exact) mass is 1510 g/mol. The van der Waals surface area contributed by atoms with Crippen LogP contribution in [0.3, 0.4) is 0 Å². The molecule has 3 aliphatic heterocycles. The average molecular weight is 1520 g/mol. The Balaban J connectivity index is 0.00000798. The predicted octanol–water partition coefficient (Wildman–Crippen LogP) is -2.45. The molecule has 4 aromatic carbocycles. The van der Waals surface area contributed by atoms with Crippen molar-refractivity contribution in [1.29, 1.82) is 0 Å². The molecule has 3 aliphatic rings. The summed E-state index contributed by atoms with van der Waals surface area (Å²) in [4.78, 5) is 152. The first-order chi connectivity index (χ1) is 50.3. The second-order valence-electron chi connectivity index (χ2n) is 25.3. The Morgan fingerprint density at radius 2 is 1.33 bits per heavy atom. The fourth-order valence-electron chi connectivity index (χ4n) is 12.5. The number of aromatic nitrogens is 2. The van der Waals surface area contributed by atoms with Crippen LogP contribution in [0.2, 0.25) is 0 Å². The summed E-state index contributed by atoms with van der Waals surface area (Å²) in [6.45, 7) is 9.64. The third kappa shape index (κ3) is 22.1. The molecule has 5 heterocycles. The summed E-state index contributed by atoms with van der Waals surface area (Å²) in [6.07, 6.45) is -0.199. The SMILES string of the molecule is CCCNC(=O)Nc1cccc(S(=O)(=O)Nc2cccc([C@@H](CC(=O)[O-])NC(=O)Nc3ccc(NC(=O)NCCOCCOCCOCCC(=O)N[C@@H](CC(=O)[O-])C(=O)N4CCC[C@H]4C(=O)N[C@H](C(=O)O[C@]4(CC)C(=O)OCc5c4cc4n(c5=O)Cc5c-4nc4ccccc4c5CC)C(C)C)cc3)c2)c1.[Na+].[Na+]. The topological polar surface area (TPSA) is 444 Å². The number of aliphatic carboxylic acids is 2. The minimum atomic E-state index is -4.20. The molecule has 5 atom stereocenters. The summed E-state index contributed by atoms with van der Waals surface area (Å²) in [6, 6.07) is 19.4. The van der Waals surface area contributed by atoms with Crippen molar-refractivity contribution in [2.24, 2.45) is 5.92 Å². The van der Waals surface area contributed by atoms with Gasteiger partial charge in [0.15, 0.2) is 0 Å². The molecule has 9 N–H and O–H groups in total. The normalized spacial score (nSPS) is 15.6. The number of carbonyl (C=O) groups excluding carboxylic acids is 10. The number of carboxylic acids is 2. The van der Waals surface area contributed by atoms with Gasteiger partial charge in [-0.05, 0) is 116 Å². The summed E-state index contributed by atoms with van der Waals surface area (Å²) >= 11 is 0. The number of benzene rings is 4. The Kier molecular flexibility index (Phi) is 31.6. The van der Waals surface area contributed by atoms with Crippen molar-refractivity contribution in [2.45, 2.75) is 134 Å². The average Bonchev–Trinajstić information content (AvgIpc) is 1.63. The molecule has 0 bridgehead atoms. The third-order valence-electron chi connectivity index (χ3n) is 17.7. The maximum absolute atomic E-state index is 14.4. The summed E-state index contributed by atoms with van der Waals surface area (Å²) in [5.74, 6) is -8.08. The maximum atomic E-state index is 14.4. The molecule has 35 heteroatoms. The van der Waals surface area contributed by atoms with Gasteiger partial charge in [0.1, 0.15) is 24.7 Å². The molecule has 0 aliphatic carbocycles. The molecule has 1 fully saturated rings. The number of amides is 9. The number of esters is 2. The smallest absolute Gasteiger partial charge is 0.550 e. The third-order valence-corrected chi connectivity index (χ3v) is 19.1. The van der Waals surface area contributed by atoms with E-state index in [1.54, 1.807) is 31.4 Å². The van der Waals surface area contributed by atoms with Crippen molar-refractivity contribution in [1.82, 2.24) is 41.0 Å². The molecule has 1 saturated heterocycles. The molecular weight excluding hydrogens is 1430 g/mol. The molecule has 9 rings (SSSR count). The molecule has 0 saturated carbocycles. The number of nitrogens with one attached hydrogen (secondary N) is 9. The molecule has 6 aromatic rings. The quantitative estimate of drug-likeness (QED) is 0.0113. The second-order valence-corrected chi connectivity index (χ2v) is 27.0. The zero-order valence-corrected chi connectivity index (χ0v) is 65.4. The van der Waals surface area contributed by atoms with Crippen LogP contribution in [0.5, 0.6) is 0 Å². The van der Waals surface area contributed by atoms with Gasteiger partial charge in [0.05, 0.1) is 79.6 Å². The molecule has 560 valence electrons. The van der Waals surface area contributed by atoms with Gasteiger partial charge in [-0.15, -0.1) is 0 Å². The number of rotatable bonds is 35. The number of sulfonamides is 1. The minimum Gasteiger partial charge on any atom is -0.550 e. The molecule has 32 nitrogen and oxygen atoms in total. The van der Waals surface area contributed by atoms with E-state index in [1.807, 2.05) is 38.1 Å². The summed E-state index contributed by atoms with van der Waals surface area (Å²) < 4.78 is 59.0. The number of carbonyl (C=O) groups is 10. The number of pyridine rings is 2. The first-order valence-corrected chi connectivity index (χ1v) is 35.9. The van der Waals surface area contributed by atoms with E-state index >= 15 is 0 Å². The van der Waals surface area contributed by atoms with Gasteiger partial charge < -0.3 is 95.5 Å². The van der Waals surface area contributed by atoms with Crippen LogP contribution in [0.25, 0.3) is 22.3 Å². The van der Waals surface area contributed by atoms with Crippen LogP contribution >= 0.6 is 0 Å². The standard InChI is InChI=1S/C72H86N12O20S.2Na/c1-6-26-73-69(95)77-46-15-12-17-48(36-46)105(98,99)82-47-16-11-14-43(35-47)55(38-60(86)87)80-71(97)76-45-23-21-44(22-24-45)75-70(96)74-27-30-101-32-34-102-33-31-100-29-25-59(85)78-56(39-61(88)89)66(92)83-28-13-20-57(83)64(90)81-62(42(4)5)67(93)104-72(8-3)53-37-58-63-51(40-84(58)65(91)52(53)41-103-68(72)94)49(7-2)50-18-9-10-19-54(50)79-63;;/h9-12,14-19,21-24,35-37,42,55-57,62,82H,6-8,13,20,25-34,38-41H2,1-5H3,(H,78,85)(H,81,90)(H,86,87)(H,88,89)(H2,73,77,95)(H2,74,75,96)(H2,76,80,97);;/q;2*+1/p-2/t55-,56+,57+,62+,72+;;/m1../s1. The Bertz CT molecular complexity index is 4430. The number of cyclic esters (lactones) is 1. The van der Waals surface area contributed by atoms with Gasteiger partial charge in [-0.25, -0.2) is 37.4 Å². The van der Waals surface area contributed by atoms with Gasteiger partial charge in [-0.3, -0.25) is 23.9 Å². The van der Waals surface area contributed by atoms with E-state index in [2.05, 4.69) is 47.3 Å². The van der Waals surface area contributed by atoms with E-state index < -0.39 is 124 Å². The molecule has 0 radical (unpaired) electrons. The van der Waals surface area contributed by atoms with Crippen LogP contribution in [-0.2, 0) is 92.4 Å². The van der Waals surface area contributed by atoms with Crippen molar-refractivity contribution in [3.63, 3.8) is 0 Å². The number of nitrogens with zero attached hydrogens (tertiary/aromatic N) is 3. The van der Waals surface area contributed by atoms with Gasteiger partial charge >= 0.3 is 89.1 Å². The number of ether oxygens (including phenoxy) is 5. The van der Waals surface area contributed by atoms with Gasteiger partial charge in [-0.1, -0.05) is 71.0 Å². The van der Waals surface area contributed by atoms with Crippen molar-refractivity contribution in [3.8, 4) is 11.4 Å².